The molecule has 0 unspecified atom stereocenters. The Morgan fingerprint density at radius 1 is 1.10 bits per heavy atom. The van der Waals surface area contributed by atoms with Crippen molar-refractivity contribution in [1.82, 2.24) is 14.8 Å². The Bertz CT molecular complexity index is 717. The molecule has 21 heavy (non-hydrogen) atoms. The van der Waals surface area contributed by atoms with Crippen LogP contribution in [0, 0.1) is 0 Å². The van der Waals surface area contributed by atoms with Gasteiger partial charge in [-0.15, -0.1) is 21.5 Å². The maximum absolute atomic E-state index is 6.26. The topological polar surface area (TPSA) is 30.7 Å². The van der Waals surface area contributed by atoms with Crippen molar-refractivity contribution in [2.45, 2.75) is 25.8 Å². The first-order valence-corrected chi connectivity index (χ1v) is 8.02. The number of hydrogen-bond acceptors (Lipinski definition) is 3. The molecule has 0 atom stereocenters. The van der Waals surface area contributed by atoms with Crippen LogP contribution >= 0.6 is 22.9 Å². The first kappa shape index (κ1) is 14.3. The minimum Gasteiger partial charge on any atom is -0.297 e. The third-order valence-electron chi connectivity index (χ3n) is 3.48. The van der Waals surface area contributed by atoms with Crippen LogP contribution in [0.4, 0.5) is 0 Å². The van der Waals surface area contributed by atoms with Crippen molar-refractivity contribution in [3.05, 3.63) is 58.0 Å². The molecule has 0 N–H and O–H groups in total. The van der Waals surface area contributed by atoms with Gasteiger partial charge in [0, 0.05) is 22.4 Å². The van der Waals surface area contributed by atoms with Crippen molar-refractivity contribution < 1.29 is 0 Å². The second-order valence-electron chi connectivity index (χ2n) is 5.61. The molecule has 3 aromatic rings. The summed E-state index contributed by atoms with van der Waals surface area (Å²) >= 11 is 8.02. The summed E-state index contributed by atoms with van der Waals surface area (Å²) in [6, 6.07) is 14.3. The quantitative estimate of drug-likeness (QED) is 0.702. The molecule has 3 rings (SSSR count). The molecule has 2 aromatic heterocycles. The zero-order chi connectivity index (χ0) is 14.9. The molecule has 108 valence electrons. The van der Waals surface area contributed by atoms with Crippen LogP contribution in [0.5, 0.6) is 0 Å². The molecule has 0 saturated carbocycles. The SMILES string of the molecule is CC(C)(Cn1c(Cl)nnc1-c1ccccc1)c1cccs1. The van der Waals surface area contributed by atoms with E-state index in [2.05, 4.69) is 41.6 Å². The van der Waals surface area contributed by atoms with Crippen molar-refractivity contribution in [3.8, 4) is 11.4 Å². The third-order valence-corrected chi connectivity index (χ3v) is 4.99. The van der Waals surface area contributed by atoms with Gasteiger partial charge in [0.15, 0.2) is 5.82 Å². The third kappa shape index (κ3) is 2.87. The highest BCUT2D eigenvalue weighted by molar-refractivity contribution is 7.10. The molecule has 0 radical (unpaired) electrons. The Kier molecular flexibility index (Phi) is 3.83. The van der Waals surface area contributed by atoms with Crippen molar-refractivity contribution >= 4 is 22.9 Å². The molecule has 0 saturated heterocycles. The summed E-state index contributed by atoms with van der Waals surface area (Å²) in [7, 11) is 0. The molecule has 0 spiro atoms. The number of rotatable bonds is 4. The van der Waals surface area contributed by atoms with E-state index < -0.39 is 0 Å². The Hall–Kier alpha value is -1.65. The van der Waals surface area contributed by atoms with Gasteiger partial charge in [-0.2, -0.15) is 0 Å². The van der Waals surface area contributed by atoms with Crippen LogP contribution in [-0.2, 0) is 12.0 Å². The van der Waals surface area contributed by atoms with E-state index in [1.807, 2.05) is 34.9 Å². The van der Waals surface area contributed by atoms with Crippen LogP contribution in [0.3, 0.4) is 0 Å². The zero-order valence-corrected chi connectivity index (χ0v) is 13.5. The average Bonchev–Trinajstić information content (AvgIpc) is 3.11. The molecule has 0 aliphatic rings. The van der Waals surface area contributed by atoms with Gasteiger partial charge in [-0.3, -0.25) is 4.57 Å². The van der Waals surface area contributed by atoms with E-state index in [4.69, 9.17) is 11.6 Å². The predicted octanol–water partition coefficient (Wildman–Crippen LogP) is 4.64. The molecule has 5 heteroatoms. The smallest absolute Gasteiger partial charge is 0.225 e. The lowest BCUT2D eigenvalue weighted by Crippen LogP contribution is -2.24. The predicted molar refractivity (Wildman–Crippen MR) is 87.8 cm³/mol. The summed E-state index contributed by atoms with van der Waals surface area (Å²) in [6.45, 7) is 5.16. The number of hydrogen-bond donors (Lipinski definition) is 0. The van der Waals surface area contributed by atoms with Crippen molar-refractivity contribution in [2.75, 3.05) is 0 Å². The van der Waals surface area contributed by atoms with Gasteiger partial charge in [-0.25, -0.2) is 0 Å². The van der Waals surface area contributed by atoms with E-state index in [-0.39, 0.29) is 5.41 Å². The number of benzene rings is 1. The molecular weight excluding hydrogens is 302 g/mol. The summed E-state index contributed by atoms with van der Waals surface area (Å²) in [6.07, 6.45) is 0. The number of aromatic nitrogens is 3. The molecule has 0 amide bonds. The van der Waals surface area contributed by atoms with Crippen LogP contribution in [0.25, 0.3) is 11.4 Å². The normalized spacial score (nSPS) is 11.8. The van der Waals surface area contributed by atoms with E-state index in [0.29, 0.717) is 5.28 Å². The minimum absolute atomic E-state index is 0.0241. The van der Waals surface area contributed by atoms with Gasteiger partial charge < -0.3 is 0 Å². The van der Waals surface area contributed by atoms with Crippen LogP contribution in [-0.4, -0.2) is 14.8 Å². The summed E-state index contributed by atoms with van der Waals surface area (Å²) in [5, 5.41) is 10.8. The van der Waals surface area contributed by atoms with E-state index >= 15 is 0 Å². The van der Waals surface area contributed by atoms with Gasteiger partial charge in [0.2, 0.25) is 5.28 Å². The highest BCUT2D eigenvalue weighted by Gasteiger charge is 2.25. The van der Waals surface area contributed by atoms with Crippen LogP contribution in [0.2, 0.25) is 5.28 Å². The molecular formula is C16H16ClN3S. The highest BCUT2D eigenvalue weighted by Crippen LogP contribution is 2.32. The van der Waals surface area contributed by atoms with Crippen LogP contribution in [0.1, 0.15) is 18.7 Å². The summed E-state index contributed by atoms with van der Waals surface area (Å²) < 4.78 is 1.98. The Morgan fingerprint density at radius 3 is 2.52 bits per heavy atom. The lowest BCUT2D eigenvalue weighted by molar-refractivity contribution is 0.445. The zero-order valence-electron chi connectivity index (χ0n) is 12.0. The maximum atomic E-state index is 6.26. The molecule has 2 heterocycles. The van der Waals surface area contributed by atoms with Gasteiger partial charge >= 0.3 is 0 Å². The second kappa shape index (κ2) is 5.62. The van der Waals surface area contributed by atoms with E-state index in [1.165, 1.54) is 4.88 Å². The van der Waals surface area contributed by atoms with Gasteiger partial charge in [-0.1, -0.05) is 50.2 Å². The largest absolute Gasteiger partial charge is 0.297 e. The summed E-state index contributed by atoms with van der Waals surface area (Å²) in [5.74, 6) is 0.810. The monoisotopic (exact) mass is 317 g/mol. The Labute approximate surface area is 133 Å². The summed E-state index contributed by atoms with van der Waals surface area (Å²) in [4.78, 5) is 1.33. The lowest BCUT2D eigenvalue weighted by Gasteiger charge is -2.24. The molecule has 1 aromatic carbocycles. The van der Waals surface area contributed by atoms with E-state index in [9.17, 15) is 0 Å². The maximum Gasteiger partial charge on any atom is 0.225 e. The number of halogens is 1. The fourth-order valence-electron chi connectivity index (χ4n) is 2.36. The standard InChI is InChI=1S/C16H16ClN3S/c1-16(2,13-9-6-10-21-13)11-20-14(18-19-15(20)17)12-7-4-3-5-8-12/h3-10H,11H2,1-2H3. The van der Waals surface area contributed by atoms with Gasteiger partial charge in [-0.05, 0) is 23.0 Å². The Morgan fingerprint density at radius 2 is 1.86 bits per heavy atom. The van der Waals surface area contributed by atoms with Crippen LogP contribution in [0.15, 0.2) is 47.8 Å². The fraction of sp³-hybridized carbons (Fsp3) is 0.250. The average molecular weight is 318 g/mol. The number of nitrogens with zero attached hydrogens (tertiary/aromatic N) is 3. The highest BCUT2D eigenvalue weighted by atomic mass is 35.5. The second-order valence-corrected chi connectivity index (χ2v) is 6.89. The Balaban J connectivity index is 1.98. The van der Waals surface area contributed by atoms with Crippen molar-refractivity contribution in [3.63, 3.8) is 0 Å². The molecule has 0 aliphatic carbocycles. The lowest BCUT2D eigenvalue weighted by atomic mass is 9.91. The molecule has 0 bridgehead atoms. The van der Waals surface area contributed by atoms with Crippen molar-refractivity contribution in [1.29, 1.82) is 0 Å². The molecule has 0 aliphatic heterocycles. The van der Waals surface area contributed by atoms with Crippen LogP contribution < -0.4 is 0 Å². The van der Waals surface area contributed by atoms with Gasteiger partial charge in [0.25, 0.3) is 0 Å². The van der Waals surface area contributed by atoms with E-state index in [0.717, 1.165) is 17.9 Å². The van der Waals surface area contributed by atoms with Gasteiger partial charge in [0.1, 0.15) is 0 Å². The first-order chi connectivity index (χ1) is 10.1. The molecule has 0 fully saturated rings. The summed E-state index contributed by atoms with van der Waals surface area (Å²) in [5.41, 5.74) is 1.00. The fourth-order valence-corrected chi connectivity index (χ4v) is 3.38. The molecule has 3 nitrogen and oxygen atoms in total. The van der Waals surface area contributed by atoms with E-state index in [1.54, 1.807) is 11.3 Å². The minimum atomic E-state index is -0.0241. The first-order valence-electron chi connectivity index (χ1n) is 6.76. The number of thiophene rings is 1. The van der Waals surface area contributed by atoms with Crippen molar-refractivity contribution in [2.24, 2.45) is 0 Å². The van der Waals surface area contributed by atoms with Gasteiger partial charge in [0.05, 0.1) is 0 Å².